The normalized spacial score (nSPS) is 28.8. The van der Waals surface area contributed by atoms with Gasteiger partial charge in [-0.3, -0.25) is 0 Å². The largest absolute Gasteiger partial charge is 0.385 e. The van der Waals surface area contributed by atoms with Crippen molar-refractivity contribution in [2.24, 2.45) is 0 Å². The molecule has 106 valence electrons. The van der Waals surface area contributed by atoms with Gasteiger partial charge in [-0.1, -0.05) is 32.1 Å². The Morgan fingerprint density at radius 2 is 1.89 bits per heavy atom. The molecular weight excluding hydrogens is 226 g/mol. The molecule has 1 spiro atoms. The van der Waals surface area contributed by atoms with Gasteiger partial charge in [0.05, 0.1) is 12.2 Å². The summed E-state index contributed by atoms with van der Waals surface area (Å²) in [4.78, 5) is 0. The second-order valence-electron chi connectivity index (χ2n) is 5.82. The second-order valence-corrected chi connectivity index (χ2v) is 5.82. The summed E-state index contributed by atoms with van der Waals surface area (Å²) in [6.07, 6.45) is 11.7. The van der Waals surface area contributed by atoms with Gasteiger partial charge in [0.1, 0.15) is 0 Å². The highest BCUT2D eigenvalue weighted by Crippen LogP contribution is 2.35. The molecule has 0 aromatic carbocycles. The van der Waals surface area contributed by atoms with Gasteiger partial charge in [-0.15, -0.1) is 0 Å². The zero-order valence-corrected chi connectivity index (χ0v) is 11.9. The maximum absolute atomic E-state index is 6.28. The second kappa shape index (κ2) is 7.46. The Kier molecular flexibility index (Phi) is 5.93. The van der Waals surface area contributed by atoms with Crippen molar-refractivity contribution < 1.29 is 9.47 Å². The number of methoxy groups -OCH3 is 1. The number of nitrogens with one attached hydrogen (secondary N) is 1. The fourth-order valence-electron chi connectivity index (χ4n) is 3.57. The maximum Gasteiger partial charge on any atom is 0.0835 e. The van der Waals surface area contributed by atoms with Gasteiger partial charge < -0.3 is 14.8 Å². The van der Waals surface area contributed by atoms with E-state index < -0.39 is 0 Å². The highest BCUT2D eigenvalue weighted by Gasteiger charge is 2.40. The zero-order valence-electron chi connectivity index (χ0n) is 11.9. The summed E-state index contributed by atoms with van der Waals surface area (Å²) < 4.78 is 11.5. The first kappa shape index (κ1) is 14.3. The summed E-state index contributed by atoms with van der Waals surface area (Å²) in [5.74, 6) is 0. The van der Waals surface area contributed by atoms with E-state index in [4.69, 9.17) is 9.47 Å². The van der Waals surface area contributed by atoms with Crippen LogP contribution in [0.3, 0.4) is 0 Å². The van der Waals surface area contributed by atoms with Crippen LogP contribution in [0.5, 0.6) is 0 Å². The van der Waals surface area contributed by atoms with Crippen LogP contribution in [-0.4, -0.2) is 38.5 Å². The molecule has 18 heavy (non-hydrogen) atoms. The Balaban J connectivity index is 1.94. The lowest BCUT2D eigenvalue weighted by atomic mass is 9.78. The number of rotatable bonds is 4. The van der Waals surface area contributed by atoms with Crippen LogP contribution in [0.1, 0.15) is 57.8 Å². The topological polar surface area (TPSA) is 30.5 Å². The Morgan fingerprint density at radius 1 is 1.17 bits per heavy atom. The molecule has 0 amide bonds. The molecule has 0 aromatic heterocycles. The van der Waals surface area contributed by atoms with Gasteiger partial charge in [0.25, 0.3) is 0 Å². The van der Waals surface area contributed by atoms with E-state index >= 15 is 0 Å². The van der Waals surface area contributed by atoms with E-state index in [1.807, 2.05) is 0 Å². The molecule has 1 heterocycles. The van der Waals surface area contributed by atoms with E-state index in [1.54, 1.807) is 7.11 Å². The van der Waals surface area contributed by atoms with Crippen molar-refractivity contribution >= 4 is 0 Å². The van der Waals surface area contributed by atoms with Crippen LogP contribution in [0.25, 0.3) is 0 Å². The minimum Gasteiger partial charge on any atom is -0.385 e. The Bertz CT molecular complexity index is 225. The molecule has 1 atom stereocenters. The Morgan fingerprint density at radius 3 is 2.61 bits per heavy atom. The average Bonchev–Trinajstić information content (AvgIpc) is 2.36. The lowest BCUT2D eigenvalue weighted by Gasteiger charge is -2.46. The SMILES string of the molecule is COCCCC1NCCOC12CCCCCCC2. The predicted octanol–water partition coefficient (Wildman–Crippen LogP) is 2.88. The maximum atomic E-state index is 6.28. The Hall–Kier alpha value is -0.120. The van der Waals surface area contributed by atoms with Crippen LogP contribution >= 0.6 is 0 Å². The van der Waals surface area contributed by atoms with E-state index in [0.29, 0.717) is 6.04 Å². The van der Waals surface area contributed by atoms with Crippen molar-refractivity contribution in [2.45, 2.75) is 69.4 Å². The fourth-order valence-corrected chi connectivity index (χ4v) is 3.57. The van der Waals surface area contributed by atoms with E-state index in [2.05, 4.69) is 5.32 Å². The standard InChI is InChI=1S/C15H29NO2/c1-17-12-7-8-14-15(18-13-11-16-14)9-5-3-2-4-6-10-15/h14,16H,2-13H2,1H3. The summed E-state index contributed by atoms with van der Waals surface area (Å²) in [5.41, 5.74) is 0.131. The van der Waals surface area contributed by atoms with E-state index in [0.717, 1.165) is 26.2 Å². The third-order valence-corrected chi connectivity index (χ3v) is 4.56. The molecule has 0 bridgehead atoms. The molecule has 1 aliphatic heterocycles. The van der Waals surface area contributed by atoms with Crippen LogP contribution in [0.15, 0.2) is 0 Å². The molecule has 1 unspecified atom stereocenters. The van der Waals surface area contributed by atoms with Crippen LogP contribution in [0.2, 0.25) is 0 Å². The minimum atomic E-state index is 0.131. The van der Waals surface area contributed by atoms with Crippen molar-refractivity contribution in [3.63, 3.8) is 0 Å². The molecule has 2 rings (SSSR count). The van der Waals surface area contributed by atoms with Gasteiger partial charge in [-0.2, -0.15) is 0 Å². The molecule has 1 saturated carbocycles. The minimum absolute atomic E-state index is 0.131. The zero-order chi connectivity index (χ0) is 12.7. The molecule has 1 aliphatic carbocycles. The van der Waals surface area contributed by atoms with Gasteiger partial charge in [-0.25, -0.2) is 0 Å². The smallest absolute Gasteiger partial charge is 0.0835 e. The van der Waals surface area contributed by atoms with Gasteiger partial charge in [0.2, 0.25) is 0 Å². The first-order chi connectivity index (χ1) is 8.87. The van der Waals surface area contributed by atoms with Crippen molar-refractivity contribution in [2.75, 3.05) is 26.9 Å². The summed E-state index contributed by atoms with van der Waals surface area (Å²) in [5, 5.41) is 3.71. The van der Waals surface area contributed by atoms with E-state index in [-0.39, 0.29) is 5.60 Å². The summed E-state index contributed by atoms with van der Waals surface area (Å²) in [6, 6.07) is 0.541. The van der Waals surface area contributed by atoms with Crippen molar-refractivity contribution in [1.29, 1.82) is 0 Å². The van der Waals surface area contributed by atoms with Crippen LogP contribution in [0, 0.1) is 0 Å². The van der Waals surface area contributed by atoms with Crippen LogP contribution < -0.4 is 5.32 Å². The van der Waals surface area contributed by atoms with Gasteiger partial charge >= 0.3 is 0 Å². The summed E-state index contributed by atoms with van der Waals surface area (Å²) >= 11 is 0. The first-order valence-electron chi connectivity index (χ1n) is 7.74. The molecule has 1 N–H and O–H groups in total. The van der Waals surface area contributed by atoms with Crippen molar-refractivity contribution in [3.05, 3.63) is 0 Å². The van der Waals surface area contributed by atoms with Crippen molar-refractivity contribution in [3.8, 4) is 0 Å². The molecule has 0 aromatic rings. The molecule has 0 radical (unpaired) electrons. The van der Waals surface area contributed by atoms with Gasteiger partial charge in [-0.05, 0) is 25.7 Å². The quantitative estimate of drug-likeness (QED) is 0.784. The lowest BCUT2D eigenvalue weighted by Crippen LogP contribution is -2.58. The highest BCUT2D eigenvalue weighted by atomic mass is 16.5. The van der Waals surface area contributed by atoms with Crippen molar-refractivity contribution in [1.82, 2.24) is 5.32 Å². The molecular formula is C15H29NO2. The molecule has 2 aliphatic rings. The van der Waals surface area contributed by atoms with E-state index in [1.165, 1.54) is 51.4 Å². The number of hydrogen-bond donors (Lipinski definition) is 1. The number of morpholine rings is 1. The molecule has 3 heteroatoms. The third kappa shape index (κ3) is 3.69. The third-order valence-electron chi connectivity index (χ3n) is 4.56. The number of hydrogen-bond acceptors (Lipinski definition) is 3. The molecule has 3 nitrogen and oxygen atoms in total. The van der Waals surface area contributed by atoms with Crippen LogP contribution in [-0.2, 0) is 9.47 Å². The average molecular weight is 255 g/mol. The highest BCUT2D eigenvalue weighted by molar-refractivity contribution is 4.96. The number of ether oxygens (including phenoxy) is 2. The van der Waals surface area contributed by atoms with E-state index in [9.17, 15) is 0 Å². The lowest BCUT2D eigenvalue weighted by molar-refractivity contribution is -0.114. The summed E-state index contributed by atoms with van der Waals surface area (Å²) in [6.45, 7) is 2.77. The monoisotopic (exact) mass is 255 g/mol. The summed E-state index contributed by atoms with van der Waals surface area (Å²) in [7, 11) is 1.79. The molecule has 1 saturated heterocycles. The Labute approximate surface area is 112 Å². The van der Waals surface area contributed by atoms with Gasteiger partial charge in [0, 0.05) is 26.3 Å². The van der Waals surface area contributed by atoms with Crippen LogP contribution in [0.4, 0.5) is 0 Å². The van der Waals surface area contributed by atoms with Gasteiger partial charge in [0.15, 0.2) is 0 Å². The molecule has 2 fully saturated rings. The predicted molar refractivity (Wildman–Crippen MR) is 73.9 cm³/mol. The fraction of sp³-hybridized carbons (Fsp3) is 1.00. The first-order valence-corrected chi connectivity index (χ1v) is 7.74.